The maximum absolute atomic E-state index is 12.0. The second-order valence-electron chi connectivity index (χ2n) is 4.81. The number of methoxy groups -OCH3 is 1. The number of rotatable bonds is 7. The Labute approximate surface area is 138 Å². The van der Waals surface area contributed by atoms with Gasteiger partial charge in [-0.15, -0.1) is 11.3 Å². The summed E-state index contributed by atoms with van der Waals surface area (Å²) >= 11 is 1.54. The summed E-state index contributed by atoms with van der Waals surface area (Å²) in [4.78, 5) is 24.7. The van der Waals surface area contributed by atoms with Gasteiger partial charge in [0.05, 0.1) is 19.2 Å². The molecular weight excluding hydrogens is 314 g/mol. The number of nitrogens with two attached hydrogens (primary N) is 1. The molecule has 0 aliphatic carbocycles. The average molecular weight is 333 g/mol. The summed E-state index contributed by atoms with van der Waals surface area (Å²) in [6.07, 6.45) is 0.538. The first-order valence-corrected chi connectivity index (χ1v) is 8.00. The lowest BCUT2D eigenvalue weighted by Crippen LogP contribution is -2.17. The molecule has 2 rings (SSSR count). The molecule has 0 saturated heterocycles. The smallest absolute Gasteiger partial charge is 0.229 e. The number of benzene rings is 1. The fourth-order valence-corrected chi connectivity index (χ4v) is 2.71. The van der Waals surface area contributed by atoms with Crippen LogP contribution in [0.1, 0.15) is 11.3 Å². The number of carbonyl (C=O) groups excluding carboxylic acids is 2. The minimum Gasteiger partial charge on any atom is -0.495 e. The lowest BCUT2D eigenvalue weighted by molar-refractivity contribution is -0.116. The first-order valence-electron chi connectivity index (χ1n) is 7.12. The van der Waals surface area contributed by atoms with Crippen molar-refractivity contribution >= 4 is 34.5 Å². The Balaban J connectivity index is 2.07. The van der Waals surface area contributed by atoms with Crippen LogP contribution in [0, 0.1) is 0 Å². The molecule has 0 saturated carbocycles. The fourth-order valence-electron chi connectivity index (χ4n) is 2.00. The predicted octanol–water partition coefficient (Wildman–Crippen LogP) is 2.23. The number of ether oxygens (including phenoxy) is 1. The fraction of sp³-hybridized carbons (Fsp3) is 0.250. The molecule has 0 bridgehead atoms. The van der Waals surface area contributed by atoms with Crippen LogP contribution in [0.25, 0.3) is 0 Å². The number of hydrogen-bond donors (Lipinski definition) is 3. The largest absolute Gasteiger partial charge is 0.495 e. The second-order valence-corrected chi connectivity index (χ2v) is 5.84. The van der Waals surface area contributed by atoms with Crippen molar-refractivity contribution in [2.75, 3.05) is 24.3 Å². The van der Waals surface area contributed by atoms with Crippen molar-refractivity contribution in [3.8, 4) is 5.75 Å². The molecule has 0 fully saturated rings. The lowest BCUT2D eigenvalue weighted by atomic mass is 10.2. The zero-order valence-electron chi connectivity index (χ0n) is 12.8. The summed E-state index contributed by atoms with van der Waals surface area (Å²) in [5.41, 5.74) is 6.46. The van der Waals surface area contributed by atoms with E-state index < -0.39 is 0 Å². The van der Waals surface area contributed by atoms with Crippen LogP contribution < -0.4 is 21.1 Å². The van der Waals surface area contributed by atoms with Gasteiger partial charge in [-0.2, -0.15) is 0 Å². The van der Waals surface area contributed by atoms with Crippen LogP contribution in [0.15, 0.2) is 35.7 Å². The Bertz CT molecular complexity index is 671. The Kier molecular flexibility index (Phi) is 6.13. The first kappa shape index (κ1) is 17.0. The Morgan fingerprint density at radius 3 is 2.70 bits per heavy atom. The van der Waals surface area contributed by atoms with Gasteiger partial charge in [0.2, 0.25) is 11.8 Å². The first-order chi connectivity index (χ1) is 11.1. The van der Waals surface area contributed by atoms with Crippen LogP contribution in [-0.4, -0.2) is 25.5 Å². The van der Waals surface area contributed by atoms with Crippen LogP contribution in [0.5, 0.6) is 5.75 Å². The molecule has 23 heavy (non-hydrogen) atoms. The van der Waals surface area contributed by atoms with E-state index in [2.05, 4.69) is 10.6 Å². The van der Waals surface area contributed by atoms with E-state index in [-0.39, 0.29) is 24.8 Å². The number of nitrogens with one attached hydrogen (secondary N) is 2. The molecular formula is C16H19N3O3S. The van der Waals surface area contributed by atoms with Crippen LogP contribution in [0.2, 0.25) is 0 Å². The maximum Gasteiger partial charge on any atom is 0.229 e. The summed E-state index contributed by atoms with van der Waals surface area (Å²) in [6, 6.07) is 8.91. The van der Waals surface area contributed by atoms with Crippen LogP contribution >= 0.6 is 11.3 Å². The summed E-state index contributed by atoms with van der Waals surface area (Å²) in [5.74, 6) is 0.205. The molecule has 1 aromatic carbocycles. The Hall–Kier alpha value is -2.38. The number of hydrogen-bond acceptors (Lipinski definition) is 5. The molecule has 0 radical (unpaired) electrons. The van der Waals surface area contributed by atoms with Crippen molar-refractivity contribution in [3.05, 3.63) is 40.6 Å². The number of amides is 2. The van der Waals surface area contributed by atoms with Gasteiger partial charge in [-0.3, -0.25) is 9.59 Å². The topological polar surface area (TPSA) is 93.5 Å². The highest BCUT2D eigenvalue weighted by Crippen LogP contribution is 2.28. The molecule has 0 atom stereocenters. The number of carbonyl (C=O) groups is 2. The van der Waals surface area contributed by atoms with E-state index in [1.165, 1.54) is 18.4 Å². The van der Waals surface area contributed by atoms with E-state index >= 15 is 0 Å². The highest BCUT2D eigenvalue weighted by molar-refractivity contribution is 7.10. The van der Waals surface area contributed by atoms with E-state index in [1.807, 2.05) is 17.5 Å². The number of anilines is 2. The predicted molar refractivity (Wildman–Crippen MR) is 91.9 cm³/mol. The Morgan fingerprint density at radius 1 is 1.22 bits per heavy atom. The van der Waals surface area contributed by atoms with Crippen molar-refractivity contribution in [1.82, 2.24) is 0 Å². The summed E-state index contributed by atoms with van der Waals surface area (Å²) in [5, 5.41) is 7.47. The molecule has 1 heterocycles. The average Bonchev–Trinajstić information content (AvgIpc) is 3.00. The van der Waals surface area contributed by atoms with E-state index in [0.717, 1.165) is 4.88 Å². The van der Waals surface area contributed by atoms with Gasteiger partial charge in [0.1, 0.15) is 5.75 Å². The quantitative estimate of drug-likeness (QED) is 0.724. The molecule has 7 heteroatoms. The van der Waals surface area contributed by atoms with Gasteiger partial charge in [0.25, 0.3) is 0 Å². The van der Waals surface area contributed by atoms with Gasteiger partial charge in [-0.05, 0) is 29.6 Å². The molecule has 0 aliphatic heterocycles. The van der Waals surface area contributed by atoms with Gasteiger partial charge in [0.15, 0.2) is 0 Å². The van der Waals surface area contributed by atoms with Crippen LogP contribution in [0.3, 0.4) is 0 Å². The maximum atomic E-state index is 12.0. The van der Waals surface area contributed by atoms with Crippen molar-refractivity contribution in [1.29, 1.82) is 0 Å². The summed E-state index contributed by atoms with van der Waals surface area (Å²) in [7, 11) is 1.52. The molecule has 2 amide bonds. The zero-order chi connectivity index (χ0) is 16.7. The zero-order valence-corrected chi connectivity index (χ0v) is 13.6. The van der Waals surface area contributed by atoms with Gasteiger partial charge in [-0.25, -0.2) is 0 Å². The van der Waals surface area contributed by atoms with Crippen LogP contribution in [-0.2, 0) is 16.0 Å². The molecule has 122 valence electrons. The highest BCUT2D eigenvalue weighted by Gasteiger charge is 2.10. The molecule has 0 unspecified atom stereocenters. The third-order valence-corrected chi connectivity index (χ3v) is 3.92. The van der Waals surface area contributed by atoms with Gasteiger partial charge < -0.3 is 21.1 Å². The van der Waals surface area contributed by atoms with Gasteiger partial charge in [-0.1, -0.05) is 6.07 Å². The summed E-state index contributed by atoms with van der Waals surface area (Å²) in [6.45, 7) is 0.269. The third kappa shape index (κ3) is 5.08. The number of thiophene rings is 1. The Morgan fingerprint density at radius 2 is 2.04 bits per heavy atom. The molecule has 1 aromatic heterocycles. The molecule has 0 aliphatic rings. The highest BCUT2D eigenvalue weighted by atomic mass is 32.1. The molecule has 4 N–H and O–H groups in total. The van der Waals surface area contributed by atoms with Crippen LogP contribution in [0.4, 0.5) is 11.4 Å². The molecule has 0 spiro atoms. The van der Waals surface area contributed by atoms with E-state index in [1.54, 1.807) is 18.2 Å². The van der Waals surface area contributed by atoms with Crippen molar-refractivity contribution in [2.24, 2.45) is 5.73 Å². The summed E-state index contributed by atoms with van der Waals surface area (Å²) < 4.78 is 5.21. The van der Waals surface area contributed by atoms with E-state index in [0.29, 0.717) is 23.5 Å². The monoisotopic (exact) mass is 333 g/mol. The van der Waals surface area contributed by atoms with Crippen molar-refractivity contribution in [2.45, 2.75) is 12.8 Å². The SMILES string of the molecule is COc1ccc(NC(=O)Cc2cccs2)cc1NC(=O)CCN. The standard InChI is InChI=1S/C16H19N3O3S/c1-22-14-5-4-11(9-13(14)19-15(20)6-7-17)18-16(21)10-12-3-2-8-23-12/h2-5,8-9H,6-7,10,17H2,1H3,(H,18,21)(H,19,20). The van der Waals surface area contributed by atoms with Gasteiger partial charge in [0, 0.05) is 23.5 Å². The minimum atomic E-state index is -0.201. The van der Waals surface area contributed by atoms with Crippen molar-refractivity contribution < 1.29 is 14.3 Å². The third-order valence-electron chi connectivity index (χ3n) is 3.04. The van der Waals surface area contributed by atoms with E-state index in [9.17, 15) is 9.59 Å². The lowest BCUT2D eigenvalue weighted by Gasteiger charge is -2.12. The van der Waals surface area contributed by atoms with Crippen molar-refractivity contribution in [3.63, 3.8) is 0 Å². The van der Waals surface area contributed by atoms with E-state index in [4.69, 9.17) is 10.5 Å². The second kappa shape index (κ2) is 8.30. The van der Waals surface area contributed by atoms with Gasteiger partial charge >= 0.3 is 0 Å². The normalized spacial score (nSPS) is 10.2. The minimum absolute atomic E-state index is 0.114. The molecule has 6 nitrogen and oxygen atoms in total. The molecule has 2 aromatic rings.